The van der Waals surface area contributed by atoms with Gasteiger partial charge in [0.15, 0.2) is 0 Å². The molecule has 0 radical (unpaired) electrons. The normalized spacial score (nSPS) is 18.0. The molecule has 1 aliphatic carbocycles. The summed E-state index contributed by atoms with van der Waals surface area (Å²) in [5.74, 6) is 0.328. The van der Waals surface area contributed by atoms with E-state index < -0.39 is 0 Å². The summed E-state index contributed by atoms with van der Waals surface area (Å²) in [6.07, 6.45) is 6.65. The molecule has 6 heteroatoms. The summed E-state index contributed by atoms with van der Waals surface area (Å²) in [4.78, 5) is 20.6. The third-order valence-electron chi connectivity index (χ3n) is 5.51. The van der Waals surface area contributed by atoms with Crippen molar-refractivity contribution in [3.63, 3.8) is 0 Å². The van der Waals surface area contributed by atoms with Crippen LogP contribution >= 0.6 is 0 Å². The van der Waals surface area contributed by atoms with E-state index in [-0.39, 0.29) is 29.6 Å². The van der Waals surface area contributed by atoms with Crippen molar-refractivity contribution in [1.29, 1.82) is 5.26 Å². The van der Waals surface area contributed by atoms with Crippen LogP contribution in [0.2, 0.25) is 0 Å². The Labute approximate surface area is 181 Å². The van der Waals surface area contributed by atoms with E-state index in [0.717, 1.165) is 36.8 Å². The predicted molar refractivity (Wildman–Crippen MR) is 117 cm³/mol. The molecule has 0 bridgehead atoms. The second kappa shape index (κ2) is 9.86. The van der Waals surface area contributed by atoms with Crippen LogP contribution in [0.5, 0.6) is 5.88 Å². The van der Waals surface area contributed by atoms with Crippen molar-refractivity contribution in [2.45, 2.75) is 44.2 Å². The lowest BCUT2D eigenvalue weighted by Crippen LogP contribution is -2.40. The van der Waals surface area contributed by atoms with E-state index in [0.29, 0.717) is 6.42 Å². The van der Waals surface area contributed by atoms with Gasteiger partial charge in [0.1, 0.15) is 12.2 Å². The van der Waals surface area contributed by atoms with Crippen LogP contribution in [0, 0.1) is 11.3 Å². The largest absolute Gasteiger partial charge is 0.472 e. The van der Waals surface area contributed by atoms with Gasteiger partial charge in [-0.2, -0.15) is 5.26 Å². The van der Waals surface area contributed by atoms with Gasteiger partial charge in [-0.1, -0.05) is 54.6 Å². The second-order valence-corrected chi connectivity index (χ2v) is 7.72. The summed E-state index contributed by atoms with van der Waals surface area (Å²) in [7, 11) is 0. The van der Waals surface area contributed by atoms with E-state index in [1.54, 1.807) is 0 Å². The standard InChI is InChI=1S/C25H24N4O2/c26-17-23-25(28-15-14-27-23)31-22-12-10-21(11-13-22)29-24(30)16-18-6-8-20(9-7-18)19-4-2-1-3-5-19/h1-9,14-15,21-22H,10-13,16H2,(H,29,30). The fourth-order valence-corrected chi connectivity index (χ4v) is 3.88. The summed E-state index contributed by atoms with van der Waals surface area (Å²) >= 11 is 0. The number of nitrogens with one attached hydrogen (secondary N) is 1. The minimum Gasteiger partial charge on any atom is -0.472 e. The third kappa shape index (κ3) is 5.46. The van der Waals surface area contributed by atoms with Crippen molar-refractivity contribution in [3.8, 4) is 23.1 Å². The molecule has 31 heavy (non-hydrogen) atoms. The smallest absolute Gasteiger partial charge is 0.251 e. The lowest BCUT2D eigenvalue weighted by atomic mass is 9.92. The van der Waals surface area contributed by atoms with Gasteiger partial charge in [-0.15, -0.1) is 0 Å². The molecule has 156 valence electrons. The molecule has 0 spiro atoms. The molecule has 6 nitrogen and oxygen atoms in total. The Morgan fingerprint density at radius 1 is 0.968 bits per heavy atom. The molecular weight excluding hydrogens is 388 g/mol. The predicted octanol–water partition coefficient (Wildman–Crippen LogP) is 4.06. The highest BCUT2D eigenvalue weighted by Gasteiger charge is 2.24. The van der Waals surface area contributed by atoms with Crippen molar-refractivity contribution < 1.29 is 9.53 Å². The van der Waals surface area contributed by atoms with E-state index in [1.807, 2.05) is 36.4 Å². The number of rotatable bonds is 6. The summed E-state index contributed by atoms with van der Waals surface area (Å²) in [5.41, 5.74) is 3.52. The monoisotopic (exact) mass is 412 g/mol. The number of aromatic nitrogens is 2. The van der Waals surface area contributed by atoms with Gasteiger partial charge in [0, 0.05) is 18.4 Å². The third-order valence-corrected chi connectivity index (χ3v) is 5.51. The molecule has 1 heterocycles. The molecule has 0 saturated heterocycles. The van der Waals surface area contributed by atoms with Crippen LogP contribution in [-0.2, 0) is 11.2 Å². The van der Waals surface area contributed by atoms with E-state index in [4.69, 9.17) is 10.00 Å². The van der Waals surface area contributed by atoms with Crippen molar-refractivity contribution >= 4 is 5.91 Å². The number of ether oxygens (including phenoxy) is 1. The van der Waals surface area contributed by atoms with Crippen LogP contribution < -0.4 is 10.1 Å². The summed E-state index contributed by atoms with van der Waals surface area (Å²) in [6.45, 7) is 0. The Morgan fingerprint density at radius 3 is 2.35 bits per heavy atom. The summed E-state index contributed by atoms with van der Waals surface area (Å²) in [6, 6.07) is 20.5. The summed E-state index contributed by atoms with van der Waals surface area (Å²) in [5, 5.41) is 12.2. The van der Waals surface area contributed by atoms with Gasteiger partial charge < -0.3 is 10.1 Å². The zero-order valence-corrected chi connectivity index (χ0v) is 17.2. The second-order valence-electron chi connectivity index (χ2n) is 7.72. The Kier molecular flexibility index (Phi) is 6.53. The zero-order valence-electron chi connectivity index (χ0n) is 17.2. The van der Waals surface area contributed by atoms with Crippen LogP contribution in [0.3, 0.4) is 0 Å². The van der Waals surface area contributed by atoms with Gasteiger partial charge in [0.25, 0.3) is 5.88 Å². The topological polar surface area (TPSA) is 87.9 Å². The molecule has 1 N–H and O–H groups in total. The molecule has 2 aromatic carbocycles. The quantitative estimate of drug-likeness (QED) is 0.659. The van der Waals surface area contributed by atoms with Gasteiger partial charge in [-0.25, -0.2) is 9.97 Å². The van der Waals surface area contributed by atoms with E-state index in [9.17, 15) is 4.79 Å². The number of benzene rings is 2. The lowest BCUT2D eigenvalue weighted by Gasteiger charge is -2.29. The highest BCUT2D eigenvalue weighted by Crippen LogP contribution is 2.24. The Bertz CT molecular complexity index is 1050. The van der Waals surface area contributed by atoms with Crippen LogP contribution in [0.4, 0.5) is 0 Å². The van der Waals surface area contributed by atoms with Gasteiger partial charge in [-0.05, 0) is 42.4 Å². The number of nitrogens with zero attached hydrogens (tertiary/aromatic N) is 3. The van der Waals surface area contributed by atoms with Crippen LogP contribution in [0.15, 0.2) is 67.0 Å². The molecule has 1 amide bonds. The fraction of sp³-hybridized carbons (Fsp3) is 0.280. The number of carbonyl (C=O) groups is 1. The van der Waals surface area contributed by atoms with Crippen molar-refractivity contribution in [1.82, 2.24) is 15.3 Å². The average molecular weight is 412 g/mol. The Morgan fingerprint density at radius 2 is 1.65 bits per heavy atom. The van der Waals surface area contributed by atoms with Crippen molar-refractivity contribution in [2.24, 2.45) is 0 Å². The number of amides is 1. The Hall–Kier alpha value is -3.72. The first-order valence-electron chi connectivity index (χ1n) is 10.5. The van der Waals surface area contributed by atoms with E-state index >= 15 is 0 Å². The molecule has 0 unspecified atom stereocenters. The fourth-order valence-electron chi connectivity index (χ4n) is 3.88. The van der Waals surface area contributed by atoms with Crippen LogP contribution in [0.25, 0.3) is 11.1 Å². The molecule has 1 aromatic heterocycles. The SMILES string of the molecule is N#Cc1nccnc1OC1CCC(NC(=O)Cc2ccc(-c3ccccc3)cc2)CC1. The molecule has 1 fully saturated rings. The minimum absolute atomic E-state index is 0.0116. The molecule has 1 aliphatic rings. The molecule has 0 aliphatic heterocycles. The number of hydrogen-bond donors (Lipinski definition) is 1. The molecule has 3 aromatic rings. The van der Waals surface area contributed by atoms with Crippen LogP contribution in [-0.4, -0.2) is 28.0 Å². The first-order valence-corrected chi connectivity index (χ1v) is 10.5. The molecule has 4 rings (SSSR count). The van der Waals surface area contributed by atoms with Gasteiger partial charge in [-0.3, -0.25) is 4.79 Å². The van der Waals surface area contributed by atoms with Crippen molar-refractivity contribution in [2.75, 3.05) is 0 Å². The highest BCUT2D eigenvalue weighted by molar-refractivity contribution is 5.79. The van der Waals surface area contributed by atoms with E-state index in [1.165, 1.54) is 18.0 Å². The first kappa shape index (κ1) is 20.5. The maximum absolute atomic E-state index is 12.5. The van der Waals surface area contributed by atoms with E-state index in [2.05, 4.69) is 39.6 Å². The van der Waals surface area contributed by atoms with Crippen molar-refractivity contribution in [3.05, 3.63) is 78.2 Å². The zero-order chi connectivity index (χ0) is 21.5. The minimum atomic E-state index is -0.0116. The maximum Gasteiger partial charge on any atom is 0.251 e. The number of carbonyl (C=O) groups excluding carboxylic acids is 1. The average Bonchev–Trinajstić information content (AvgIpc) is 2.82. The van der Waals surface area contributed by atoms with Gasteiger partial charge in [0.2, 0.25) is 11.6 Å². The lowest BCUT2D eigenvalue weighted by molar-refractivity contribution is -0.121. The number of nitriles is 1. The number of hydrogen-bond acceptors (Lipinski definition) is 5. The molecular formula is C25H24N4O2. The van der Waals surface area contributed by atoms with Crippen LogP contribution in [0.1, 0.15) is 36.9 Å². The first-order chi connectivity index (χ1) is 15.2. The maximum atomic E-state index is 12.5. The highest BCUT2D eigenvalue weighted by atomic mass is 16.5. The Balaban J connectivity index is 1.24. The van der Waals surface area contributed by atoms with Gasteiger partial charge in [0.05, 0.1) is 6.42 Å². The molecule has 1 saturated carbocycles. The summed E-state index contributed by atoms with van der Waals surface area (Å²) < 4.78 is 5.87. The molecule has 0 atom stereocenters. The van der Waals surface area contributed by atoms with Gasteiger partial charge >= 0.3 is 0 Å².